The molecule has 0 unspecified atom stereocenters. The van der Waals surface area contributed by atoms with Crippen LogP contribution >= 0.6 is 0 Å². The van der Waals surface area contributed by atoms with Gasteiger partial charge in [-0.1, -0.05) is 80.4 Å². The predicted molar refractivity (Wildman–Crippen MR) is 150 cm³/mol. The zero-order valence-corrected chi connectivity index (χ0v) is 21.9. The van der Waals surface area contributed by atoms with Crippen LogP contribution in [0.2, 0.25) is 0 Å². The number of hydrogen-bond donors (Lipinski definition) is 0. The molecule has 4 aromatic rings. The van der Waals surface area contributed by atoms with Gasteiger partial charge in [-0.25, -0.2) is 9.59 Å². The lowest BCUT2D eigenvalue weighted by molar-refractivity contribution is 0.0600. The zero-order valence-electron chi connectivity index (χ0n) is 21.9. The van der Waals surface area contributed by atoms with Crippen LogP contribution in [-0.4, -0.2) is 19.0 Å². The summed E-state index contributed by atoms with van der Waals surface area (Å²) in [4.78, 5) is 24.3. The third-order valence-corrected chi connectivity index (χ3v) is 7.56. The van der Waals surface area contributed by atoms with Gasteiger partial charge >= 0.3 is 11.9 Å². The Hall–Kier alpha value is -4.18. The van der Waals surface area contributed by atoms with Gasteiger partial charge in [-0.2, -0.15) is 0 Å². The minimum absolute atomic E-state index is 0.367. The number of hydrogen-bond acceptors (Lipinski definition) is 4. The standard InChI is InChI=1S/C34H32O4/c1-23-3-5-24(6-4-23)25-7-9-26(10-8-25)27-13-17-31(18-14-27)34(36)38-32-21-19-29(20-22-32)28-11-15-30(16-12-28)33(35)37-2/h7-24H,3-6H2,1-2H3. The molecule has 1 fully saturated rings. The van der Waals surface area contributed by atoms with Gasteiger partial charge in [0.05, 0.1) is 18.2 Å². The van der Waals surface area contributed by atoms with Gasteiger partial charge in [-0.15, -0.1) is 0 Å². The van der Waals surface area contributed by atoms with Crippen LogP contribution in [0, 0.1) is 5.92 Å². The molecule has 5 rings (SSSR count). The second kappa shape index (κ2) is 11.5. The van der Waals surface area contributed by atoms with Crippen LogP contribution in [0.4, 0.5) is 0 Å². The SMILES string of the molecule is COC(=O)c1ccc(-c2ccc(OC(=O)c3ccc(-c4ccc(C5CCC(C)CC5)cc4)cc3)cc2)cc1. The van der Waals surface area contributed by atoms with E-state index in [-0.39, 0.29) is 5.97 Å². The highest BCUT2D eigenvalue weighted by molar-refractivity contribution is 5.92. The molecule has 0 spiro atoms. The van der Waals surface area contributed by atoms with Gasteiger partial charge in [0.1, 0.15) is 5.75 Å². The van der Waals surface area contributed by atoms with Crippen LogP contribution in [0.1, 0.15) is 64.8 Å². The lowest BCUT2D eigenvalue weighted by Gasteiger charge is -2.26. The average Bonchev–Trinajstić information content (AvgIpc) is 2.98. The maximum Gasteiger partial charge on any atom is 0.343 e. The van der Waals surface area contributed by atoms with Gasteiger partial charge in [-0.05, 0) is 88.9 Å². The van der Waals surface area contributed by atoms with Crippen LogP contribution in [-0.2, 0) is 4.74 Å². The highest BCUT2D eigenvalue weighted by Gasteiger charge is 2.19. The van der Waals surface area contributed by atoms with E-state index in [1.54, 1.807) is 24.3 Å². The Labute approximate surface area is 224 Å². The first-order chi connectivity index (χ1) is 18.5. The Kier molecular flexibility index (Phi) is 7.69. The second-order valence-corrected chi connectivity index (χ2v) is 10.1. The fourth-order valence-electron chi connectivity index (χ4n) is 5.14. The Morgan fingerprint density at radius 3 is 1.47 bits per heavy atom. The molecular formula is C34H32O4. The lowest BCUT2D eigenvalue weighted by atomic mass is 9.79. The molecule has 1 saturated carbocycles. The molecule has 4 aromatic carbocycles. The number of esters is 2. The van der Waals surface area contributed by atoms with Gasteiger partial charge < -0.3 is 9.47 Å². The van der Waals surface area contributed by atoms with Crippen molar-refractivity contribution >= 4 is 11.9 Å². The largest absolute Gasteiger partial charge is 0.465 e. The summed E-state index contributed by atoms with van der Waals surface area (Å²) in [5.41, 5.74) is 6.57. The summed E-state index contributed by atoms with van der Waals surface area (Å²) in [6.45, 7) is 2.35. The summed E-state index contributed by atoms with van der Waals surface area (Å²) in [5, 5.41) is 0. The fraction of sp³-hybridized carbons (Fsp3) is 0.235. The van der Waals surface area contributed by atoms with E-state index in [1.807, 2.05) is 48.5 Å². The van der Waals surface area contributed by atoms with Crippen molar-refractivity contribution in [3.63, 3.8) is 0 Å². The molecule has 1 aliphatic rings. The number of carbonyl (C=O) groups excluding carboxylic acids is 2. The van der Waals surface area contributed by atoms with Crippen molar-refractivity contribution in [2.45, 2.75) is 38.5 Å². The molecule has 0 amide bonds. The van der Waals surface area contributed by atoms with Gasteiger partial charge in [0.25, 0.3) is 0 Å². The zero-order chi connectivity index (χ0) is 26.5. The third kappa shape index (κ3) is 5.86. The smallest absolute Gasteiger partial charge is 0.343 e. The van der Waals surface area contributed by atoms with Crippen LogP contribution < -0.4 is 4.74 Å². The van der Waals surface area contributed by atoms with E-state index < -0.39 is 5.97 Å². The molecule has 0 radical (unpaired) electrons. The minimum Gasteiger partial charge on any atom is -0.465 e. The highest BCUT2D eigenvalue weighted by Crippen LogP contribution is 2.36. The highest BCUT2D eigenvalue weighted by atomic mass is 16.5. The van der Waals surface area contributed by atoms with Crippen molar-refractivity contribution < 1.29 is 19.1 Å². The molecule has 1 aliphatic carbocycles. The van der Waals surface area contributed by atoms with E-state index in [0.29, 0.717) is 22.8 Å². The van der Waals surface area contributed by atoms with Crippen molar-refractivity contribution in [2.24, 2.45) is 5.92 Å². The summed E-state index contributed by atoms with van der Waals surface area (Å²) in [6, 6.07) is 30.9. The number of rotatable bonds is 6. The molecular weight excluding hydrogens is 472 g/mol. The van der Waals surface area contributed by atoms with Gasteiger partial charge in [0.15, 0.2) is 0 Å². The Morgan fingerprint density at radius 1 is 0.579 bits per heavy atom. The lowest BCUT2D eigenvalue weighted by Crippen LogP contribution is -2.10. The second-order valence-electron chi connectivity index (χ2n) is 10.1. The average molecular weight is 505 g/mol. The Balaban J connectivity index is 1.20. The van der Waals surface area contributed by atoms with E-state index >= 15 is 0 Å². The summed E-state index contributed by atoms with van der Waals surface area (Å²) in [5.74, 6) is 1.25. The van der Waals surface area contributed by atoms with E-state index in [4.69, 9.17) is 9.47 Å². The molecule has 0 bridgehead atoms. The van der Waals surface area contributed by atoms with E-state index in [0.717, 1.165) is 28.2 Å². The van der Waals surface area contributed by atoms with Crippen LogP contribution in [0.25, 0.3) is 22.3 Å². The first-order valence-electron chi connectivity index (χ1n) is 13.2. The molecule has 4 heteroatoms. The summed E-state index contributed by atoms with van der Waals surface area (Å²) in [6.07, 6.45) is 5.20. The monoisotopic (exact) mass is 504 g/mol. The van der Waals surface area contributed by atoms with Crippen molar-refractivity contribution in [1.82, 2.24) is 0 Å². The van der Waals surface area contributed by atoms with Crippen molar-refractivity contribution in [1.29, 1.82) is 0 Å². The Morgan fingerprint density at radius 2 is 1.00 bits per heavy atom. The van der Waals surface area contributed by atoms with E-state index in [2.05, 4.69) is 31.2 Å². The minimum atomic E-state index is -0.395. The molecule has 0 atom stereocenters. The molecule has 0 aromatic heterocycles. The van der Waals surface area contributed by atoms with E-state index in [1.165, 1.54) is 38.4 Å². The molecule has 0 heterocycles. The first kappa shape index (κ1) is 25.5. The summed E-state index contributed by atoms with van der Waals surface area (Å²) < 4.78 is 10.3. The molecule has 192 valence electrons. The number of carbonyl (C=O) groups is 2. The summed E-state index contributed by atoms with van der Waals surface area (Å²) >= 11 is 0. The first-order valence-corrected chi connectivity index (χ1v) is 13.2. The maximum absolute atomic E-state index is 12.7. The number of benzene rings is 4. The predicted octanol–water partition coefficient (Wildman–Crippen LogP) is 8.32. The van der Waals surface area contributed by atoms with Crippen LogP contribution in [0.15, 0.2) is 97.1 Å². The topological polar surface area (TPSA) is 52.6 Å². The van der Waals surface area contributed by atoms with Crippen molar-refractivity contribution in [3.05, 3.63) is 114 Å². The van der Waals surface area contributed by atoms with Gasteiger partial charge in [0.2, 0.25) is 0 Å². The van der Waals surface area contributed by atoms with Crippen LogP contribution in [0.5, 0.6) is 5.75 Å². The third-order valence-electron chi connectivity index (χ3n) is 7.56. The normalized spacial score (nSPS) is 17.0. The number of methoxy groups -OCH3 is 1. The maximum atomic E-state index is 12.7. The van der Waals surface area contributed by atoms with Crippen molar-refractivity contribution in [2.75, 3.05) is 7.11 Å². The molecule has 38 heavy (non-hydrogen) atoms. The van der Waals surface area contributed by atoms with Gasteiger partial charge in [0, 0.05) is 0 Å². The number of ether oxygens (including phenoxy) is 2. The quantitative estimate of drug-likeness (QED) is 0.196. The molecule has 4 nitrogen and oxygen atoms in total. The molecule has 0 aliphatic heterocycles. The molecule has 0 saturated heterocycles. The Bertz CT molecular complexity index is 1380. The van der Waals surface area contributed by atoms with Crippen molar-refractivity contribution in [3.8, 4) is 28.0 Å². The van der Waals surface area contributed by atoms with E-state index in [9.17, 15) is 9.59 Å². The van der Waals surface area contributed by atoms with Crippen LogP contribution in [0.3, 0.4) is 0 Å². The molecule has 0 N–H and O–H groups in total. The summed E-state index contributed by atoms with van der Waals surface area (Å²) in [7, 11) is 1.36. The van der Waals surface area contributed by atoms with Gasteiger partial charge in [-0.3, -0.25) is 0 Å². The fourth-order valence-corrected chi connectivity index (χ4v) is 5.14.